The second kappa shape index (κ2) is 9.69. The minimum atomic E-state index is -4.50. The minimum Gasteiger partial charge on any atom is -0.490 e. The fraction of sp³-hybridized carbons (Fsp3) is 0.652. The maximum absolute atomic E-state index is 13.4. The van der Waals surface area contributed by atoms with E-state index in [4.69, 9.17) is 14.2 Å². The van der Waals surface area contributed by atoms with Crippen molar-refractivity contribution in [2.24, 2.45) is 5.92 Å². The predicted molar refractivity (Wildman–Crippen MR) is 115 cm³/mol. The van der Waals surface area contributed by atoms with Gasteiger partial charge in [-0.1, -0.05) is 0 Å². The number of carbonyl (C=O) groups is 2. The molecular weight excluding hydrogens is 441 g/mol. The fourth-order valence-electron chi connectivity index (χ4n) is 4.28. The summed E-state index contributed by atoms with van der Waals surface area (Å²) in [5.41, 5.74) is -1.05. The molecule has 1 aromatic rings. The molecule has 1 fully saturated rings. The molecule has 2 aliphatic rings. The smallest absolute Gasteiger partial charge is 0.416 e. The van der Waals surface area contributed by atoms with Crippen LogP contribution >= 0.6 is 0 Å². The third-order valence-electron chi connectivity index (χ3n) is 5.85. The number of rotatable bonds is 3. The molecule has 10 heteroatoms. The number of halogens is 3. The lowest BCUT2D eigenvalue weighted by molar-refractivity contribution is -0.146. The van der Waals surface area contributed by atoms with Crippen molar-refractivity contribution < 1.29 is 37.0 Å². The molecule has 1 atom stereocenters. The summed E-state index contributed by atoms with van der Waals surface area (Å²) in [6, 6.07) is 3.17. The largest absolute Gasteiger partial charge is 0.490 e. The van der Waals surface area contributed by atoms with Gasteiger partial charge in [-0.3, -0.25) is 4.79 Å². The summed E-state index contributed by atoms with van der Waals surface area (Å²) >= 11 is 0. The monoisotopic (exact) mass is 472 g/mol. The van der Waals surface area contributed by atoms with Crippen molar-refractivity contribution >= 4 is 17.7 Å². The van der Waals surface area contributed by atoms with Gasteiger partial charge in [-0.25, -0.2) is 4.79 Å². The van der Waals surface area contributed by atoms with Gasteiger partial charge in [-0.2, -0.15) is 13.2 Å². The summed E-state index contributed by atoms with van der Waals surface area (Å²) in [5.74, 6) is -0.790. The van der Waals surface area contributed by atoms with Crippen LogP contribution in [0, 0.1) is 5.92 Å². The topological polar surface area (TPSA) is 77.1 Å². The standard InChI is InChI=1S/C23H31F3N2O5/c1-22(2,3)33-21(30)27-16-6-8-17(9-7-16)28-12-14(20(29)31-4)13-32-19-10-5-15(11-18(19)28)23(24,25)26/h5,10-11,14,16-17H,6-9,12-13H2,1-4H3,(H,27,30)/t14?,16-,17-. The third-order valence-corrected chi connectivity index (χ3v) is 5.85. The van der Waals surface area contributed by atoms with Gasteiger partial charge in [0, 0.05) is 18.6 Å². The Hall–Kier alpha value is -2.65. The molecule has 3 rings (SSSR count). The Kier molecular flexibility index (Phi) is 7.33. The number of anilines is 1. The number of hydrogen-bond donors (Lipinski definition) is 1. The number of esters is 1. The summed E-state index contributed by atoms with van der Waals surface area (Å²) in [6.07, 6.45) is -2.45. The Bertz CT molecular complexity index is 861. The second-order valence-corrected chi connectivity index (χ2v) is 9.52. The molecule has 1 saturated carbocycles. The number of alkyl carbamates (subject to hydrolysis) is 1. The third kappa shape index (κ3) is 6.45. The van der Waals surface area contributed by atoms with Gasteiger partial charge < -0.3 is 24.4 Å². The molecule has 33 heavy (non-hydrogen) atoms. The first kappa shape index (κ1) is 25.0. The molecule has 184 valence electrons. The highest BCUT2D eigenvalue weighted by Gasteiger charge is 2.37. The molecule has 1 amide bonds. The highest BCUT2D eigenvalue weighted by atomic mass is 19.4. The van der Waals surface area contributed by atoms with Crippen molar-refractivity contribution in [2.75, 3.05) is 25.2 Å². The number of nitrogens with one attached hydrogen (secondary N) is 1. The number of alkyl halides is 3. The zero-order valence-corrected chi connectivity index (χ0v) is 19.3. The summed E-state index contributed by atoms with van der Waals surface area (Å²) < 4.78 is 56.1. The van der Waals surface area contributed by atoms with Gasteiger partial charge >= 0.3 is 18.2 Å². The van der Waals surface area contributed by atoms with Crippen LogP contribution in [0.5, 0.6) is 5.75 Å². The first-order valence-electron chi connectivity index (χ1n) is 11.1. The SMILES string of the molecule is COC(=O)C1COc2ccc(C(F)(F)F)cc2N([C@H]2CC[C@H](NC(=O)OC(C)(C)C)CC2)C1. The number of methoxy groups -OCH3 is 1. The minimum absolute atomic E-state index is 0.0249. The molecule has 7 nitrogen and oxygen atoms in total. The van der Waals surface area contributed by atoms with Crippen LogP contribution < -0.4 is 15.0 Å². The molecule has 1 unspecified atom stereocenters. The number of benzene rings is 1. The van der Waals surface area contributed by atoms with Crippen molar-refractivity contribution in [3.05, 3.63) is 23.8 Å². The maximum atomic E-state index is 13.4. The van der Waals surface area contributed by atoms with E-state index in [1.807, 2.05) is 4.90 Å². The molecule has 0 bridgehead atoms. The van der Waals surface area contributed by atoms with Gasteiger partial charge in [0.25, 0.3) is 0 Å². The molecule has 1 aromatic carbocycles. The van der Waals surface area contributed by atoms with Crippen LogP contribution in [0.1, 0.15) is 52.0 Å². The van der Waals surface area contributed by atoms with E-state index in [-0.39, 0.29) is 25.2 Å². The zero-order valence-electron chi connectivity index (χ0n) is 19.3. The van der Waals surface area contributed by atoms with Crippen LogP contribution in [0.25, 0.3) is 0 Å². The van der Waals surface area contributed by atoms with E-state index in [0.29, 0.717) is 37.1 Å². The van der Waals surface area contributed by atoms with Crippen LogP contribution in [-0.2, 0) is 20.4 Å². The summed E-state index contributed by atoms with van der Waals surface area (Å²) in [7, 11) is 1.28. The van der Waals surface area contributed by atoms with Gasteiger partial charge in [0.2, 0.25) is 0 Å². The molecular formula is C23H31F3N2O5. The quantitative estimate of drug-likeness (QED) is 0.652. The number of fused-ring (bicyclic) bond motifs is 1. The van der Waals surface area contributed by atoms with Crippen molar-refractivity contribution in [3.63, 3.8) is 0 Å². The normalized spacial score (nSPS) is 23.6. The summed E-state index contributed by atoms with van der Waals surface area (Å²) in [5, 5.41) is 2.87. The maximum Gasteiger partial charge on any atom is 0.416 e. The van der Waals surface area contributed by atoms with Crippen LogP contribution in [-0.4, -0.2) is 50.0 Å². The number of carbonyl (C=O) groups excluding carboxylic acids is 2. The van der Waals surface area contributed by atoms with Gasteiger partial charge in [0.05, 0.1) is 18.4 Å². The Labute approximate surface area is 191 Å². The number of hydrogen-bond acceptors (Lipinski definition) is 6. The molecule has 1 heterocycles. The van der Waals surface area contributed by atoms with Crippen LogP contribution in [0.3, 0.4) is 0 Å². The van der Waals surface area contributed by atoms with Gasteiger partial charge in [-0.05, 0) is 64.7 Å². The predicted octanol–water partition coefficient (Wildman–Crippen LogP) is 4.53. The van der Waals surface area contributed by atoms with Crippen molar-refractivity contribution in [3.8, 4) is 5.75 Å². The molecule has 1 N–H and O–H groups in total. The van der Waals surface area contributed by atoms with Gasteiger partial charge in [0.15, 0.2) is 0 Å². The van der Waals surface area contributed by atoms with Crippen LogP contribution in [0.4, 0.5) is 23.7 Å². The van der Waals surface area contributed by atoms with Gasteiger partial charge in [-0.15, -0.1) is 0 Å². The number of amides is 1. The summed E-state index contributed by atoms with van der Waals surface area (Å²) in [6.45, 7) is 5.58. The lowest BCUT2D eigenvalue weighted by Gasteiger charge is -2.39. The Morgan fingerprint density at radius 1 is 1.12 bits per heavy atom. The second-order valence-electron chi connectivity index (χ2n) is 9.52. The lowest BCUT2D eigenvalue weighted by atomic mass is 9.89. The molecule has 1 aliphatic carbocycles. The Morgan fingerprint density at radius 3 is 2.36 bits per heavy atom. The van der Waals surface area contributed by atoms with Crippen LogP contribution in [0.2, 0.25) is 0 Å². The molecule has 0 spiro atoms. The highest BCUT2D eigenvalue weighted by Crippen LogP contribution is 2.41. The van der Waals surface area contributed by atoms with Crippen LogP contribution in [0.15, 0.2) is 18.2 Å². The zero-order chi connectivity index (χ0) is 24.4. The first-order valence-corrected chi connectivity index (χ1v) is 11.1. The van der Waals surface area contributed by atoms with E-state index in [1.54, 1.807) is 20.8 Å². The Morgan fingerprint density at radius 2 is 1.79 bits per heavy atom. The van der Waals surface area contributed by atoms with Gasteiger partial charge in [0.1, 0.15) is 23.9 Å². The molecule has 0 saturated heterocycles. The lowest BCUT2D eigenvalue weighted by Crippen LogP contribution is -2.47. The van der Waals surface area contributed by atoms with E-state index in [2.05, 4.69) is 5.32 Å². The van der Waals surface area contributed by atoms with E-state index in [0.717, 1.165) is 12.1 Å². The first-order chi connectivity index (χ1) is 15.4. The molecule has 1 aliphatic heterocycles. The number of nitrogens with zero attached hydrogens (tertiary/aromatic N) is 1. The van der Waals surface area contributed by atoms with E-state index in [9.17, 15) is 22.8 Å². The average Bonchev–Trinajstić information content (AvgIpc) is 2.91. The molecule has 0 radical (unpaired) electrons. The van der Waals surface area contributed by atoms with Crippen molar-refractivity contribution in [1.29, 1.82) is 0 Å². The average molecular weight is 473 g/mol. The Balaban J connectivity index is 1.78. The number of ether oxygens (including phenoxy) is 3. The van der Waals surface area contributed by atoms with Crippen molar-refractivity contribution in [2.45, 2.75) is 70.3 Å². The highest BCUT2D eigenvalue weighted by molar-refractivity contribution is 5.75. The van der Waals surface area contributed by atoms with E-state index < -0.39 is 35.3 Å². The fourth-order valence-corrected chi connectivity index (χ4v) is 4.28. The van der Waals surface area contributed by atoms with E-state index in [1.165, 1.54) is 13.2 Å². The molecule has 0 aromatic heterocycles. The van der Waals surface area contributed by atoms with Crippen molar-refractivity contribution in [1.82, 2.24) is 5.32 Å². The van der Waals surface area contributed by atoms with E-state index >= 15 is 0 Å². The summed E-state index contributed by atoms with van der Waals surface area (Å²) in [4.78, 5) is 26.2.